The first kappa shape index (κ1) is 26.1. The van der Waals surface area contributed by atoms with Gasteiger partial charge < -0.3 is 19.8 Å². The second-order valence-corrected chi connectivity index (χ2v) is 13.3. The zero-order valence-electron chi connectivity index (χ0n) is 24.0. The van der Waals surface area contributed by atoms with E-state index in [2.05, 4.69) is 26.8 Å². The summed E-state index contributed by atoms with van der Waals surface area (Å²) in [6.45, 7) is 7.49. The van der Waals surface area contributed by atoms with Crippen LogP contribution in [0.25, 0.3) is 6.08 Å². The topological polar surface area (TPSA) is 90.2 Å². The number of benzene rings is 2. The number of hydroxylamine groups is 3. The number of carbonyl (C=O) groups excluding carboxylic acids is 1. The molecule has 5 aliphatic rings. The first-order valence-corrected chi connectivity index (χ1v) is 14.9. The van der Waals surface area contributed by atoms with Crippen LogP contribution in [0.1, 0.15) is 65.5 Å². The fourth-order valence-corrected chi connectivity index (χ4v) is 8.75. The number of hydrogen-bond acceptors (Lipinski definition) is 5. The predicted molar refractivity (Wildman–Crippen MR) is 151 cm³/mol. The van der Waals surface area contributed by atoms with E-state index in [1.807, 2.05) is 25.3 Å². The van der Waals surface area contributed by atoms with Crippen molar-refractivity contribution >= 4 is 12.0 Å². The highest BCUT2D eigenvalue weighted by Gasteiger charge is 2.77. The van der Waals surface area contributed by atoms with Crippen molar-refractivity contribution in [2.24, 2.45) is 5.92 Å². The third kappa shape index (κ3) is 3.37. The molecule has 2 saturated carbocycles. The van der Waals surface area contributed by atoms with E-state index < -0.39 is 17.1 Å². The van der Waals surface area contributed by atoms with Gasteiger partial charge in [-0.15, -0.1) is 0 Å². The number of carbonyl (C=O) groups is 1. The van der Waals surface area contributed by atoms with Crippen LogP contribution >= 0.6 is 0 Å². The SMILES string of the molecule is Cc1ccc(/C=C/C(=O)N(C)[C@@H]2CC[C@@]3(O)[C@@H]4Cc5ccc(O)c6c5[C@@]3(CC[N+]4(O)CC3CC3)[C@H]2O6)c(C)c1C. The maximum Gasteiger partial charge on any atom is 0.246 e. The molecule has 6 atom stereocenters. The average Bonchev–Trinajstić information content (AvgIpc) is 3.66. The molecule has 2 heterocycles. The number of quaternary nitrogens is 1. The molecule has 2 aromatic carbocycles. The van der Waals surface area contributed by atoms with Crippen molar-refractivity contribution in [2.75, 3.05) is 20.1 Å². The van der Waals surface area contributed by atoms with Gasteiger partial charge in [-0.3, -0.25) is 4.79 Å². The number of rotatable bonds is 5. The second kappa shape index (κ2) is 8.57. The van der Waals surface area contributed by atoms with Crippen molar-refractivity contribution in [1.29, 1.82) is 0 Å². The Morgan fingerprint density at radius 1 is 1.12 bits per heavy atom. The fraction of sp³-hybridized carbons (Fsp3) is 0.545. The summed E-state index contributed by atoms with van der Waals surface area (Å²) in [6, 6.07) is 7.11. The number of amides is 1. The second-order valence-electron chi connectivity index (χ2n) is 13.3. The summed E-state index contributed by atoms with van der Waals surface area (Å²) >= 11 is 0. The molecular formula is C33H41N2O5+. The molecule has 7 nitrogen and oxygen atoms in total. The average molecular weight is 546 g/mol. The number of aliphatic hydroxyl groups is 1. The number of likely N-dealkylation sites (N-methyl/N-ethyl adjacent to an activating group) is 1. The lowest BCUT2D eigenvalue weighted by Crippen LogP contribution is -2.82. The van der Waals surface area contributed by atoms with Crippen LogP contribution in [0.4, 0.5) is 0 Å². The molecule has 212 valence electrons. The van der Waals surface area contributed by atoms with E-state index in [4.69, 9.17) is 4.74 Å². The number of piperidine rings is 1. The number of hydrogen-bond donors (Lipinski definition) is 3. The predicted octanol–water partition coefficient (Wildman–Crippen LogP) is 4.33. The number of phenolic OH excluding ortho intramolecular Hbond substituents is 1. The van der Waals surface area contributed by atoms with Gasteiger partial charge >= 0.3 is 0 Å². The summed E-state index contributed by atoms with van der Waals surface area (Å²) < 4.78 is 6.52. The smallest absolute Gasteiger partial charge is 0.246 e. The highest BCUT2D eigenvalue weighted by molar-refractivity contribution is 5.92. The van der Waals surface area contributed by atoms with Gasteiger partial charge in [0.15, 0.2) is 17.5 Å². The summed E-state index contributed by atoms with van der Waals surface area (Å²) in [5, 5.41) is 35.6. The minimum Gasteiger partial charge on any atom is -0.504 e. The van der Waals surface area contributed by atoms with Gasteiger partial charge in [-0.1, -0.05) is 18.2 Å². The quantitative estimate of drug-likeness (QED) is 0.385. The van der Waals surface area contributed by atoms with E-state index in [0.29, 0.717) is 50.4 Å². The number of likely N-dealkylation sites (tertiary alicyclic amines) is 1. The molecule has 3 aliphatic carbocycles. The van der Waals surface area contributed by atoms with Crippen LogP contribution in [0.5, 0.6) is 11.5 Å². The van der Waals surface area contributed by atoms with Crippen molar-refractivity contribution in [3.8, 4) is 11.5 Å². The van der Waals surface area contributed by atoms with Gasteiger partial charge in [0.1, 0.15) is 24.8 Å². The van der Waals surface area contributed by atoms with Crippen LogP contribution in [0.15, 0.2) is 30.3 Å². The van der Waals surface area contributed by atoms with Gasteiger partial charge in [0.2, 0.25) is 5.91 Å². The third-order valence-electron chi connectivity index (χ3n) is 11.4. The lowest BCUT2D eigenvalue weighted by Gasteiger charge is -2.64. The molecule has 7 rings (SSSR count). The van der Waals surface area contributed by atoms with Gasteiger partial charge in [-0.25, -0.2) is 5.21 Å². The molecule has 1 spiro atoms. The minimum atomic E-state index is -1.18. The molecule has 0 aromatic heterocycles. The molecule has 0 radical (unpaired) electrons. The molecule has 40 heavy (non-hydrogen) atoms. The van der Waals surface area contributed by atoms with Crippen molar-refractivity contribution in [3.63, 3.8) is 0 Å². The van der Waals surface area contributed by atoms with Crippen LogP contribution in [0.3, 0.4) is 0 Å². The van der Waals surface area contributed by atoms with Gasteiger partial charge in [0.05, 0.1) is 11.5 Å². The van der Waals surface area contributed by atoms with Crippen molar-refractivity contribution in [3.05, 3.63) is 63.7 Å². The Kier molecular flexibility index (Phi) is 5.58. The number of aryl methyl sites for hydroxylation is 1. The van der Waals surface area contributed by atoms with Crippen molar-refractivity contribution in [1.82, 2.24) is 4.90 Å². The van der Waals surface area contributed by atoms with Crippen LogP contribution in [-0.2, 0) is 16.6 Å². The third-order valence-corrected chi connectivity index (χ3v) is 11.4. The Bertz CT molecular complexity index is 1450. The van der Waals surface area contributed by atoms with E-state index in [1.165, 1.54) is 11.1 Å². The van der Waals surface area contributed by atoms with E-state index >= 15 is 0 Å². The fourth-order valence-electron chi connectivity index (χ4n) is 8.75. The first-order valence-electron chi connectivity index (χ1n) is 14.9. The Hall–Kier alpha value is -2.87. The normalized spacial score (nSPS) is 35.4. The molecule has 3 N–H and O–H groups in total. The lowest BCUT2D eigenvalue weighted by atomic mass is 9.48. The largest absolute Gasteiger partial charge is 0.504 e. The Labute approximate surface area is 236 Å². The maximum absolute atomic E-state index is 13.6. The molecule has 1 saturated heterocycles. The van der Waals surface area contributed by atoms with Gasteiger partial charge in [-0.05, 0) is 86.4 Å². The molecule has 1 amide bonds. The van der Waals surface area contributed by atoms with Gasteiger partial charge in [0, 0.05) is 37.4 Å². The van der Waals surface area contributed by atoms with E-state index in [-0.39, 0.29) is 28.4 Å². The Morgan fingerprint density at radius 2 is 1.90 bits per heavy atom. The summed E-state index contributed by atoms with van der Waals surface area (Å²) in [5.41, 5.74) is 4.63. The Morgan fingerprint density at radius 3 is 2.65 bits per heavy atom. The number of nitrogens with zero attached hydrogens (tertiary/aromatic N) is 2. The van der Waals surface area contributed by atoms with Crippen LogP contribution < -0.4 is 4.74 Å². The van der Waals surface area contributed by atoms with Crippen LogP contribution in [0, 0.1) is 26.7 Å². The zero-order valence-corrected chi connectivity index (χ0v) is 24.0. The van der Waals surface area contributed by atoms with Crippen LogP contribution in [0.2, 0.25) is 0 Å². The number of phenols is 1. The number of aromatic hydroxyl groups is 1. The van der Waals surface area contributed by atoms with Crippen molar-refractivity contribution in [2.45, 2.75) is 88.5 Å². The summed E-state index contributed by atoms with van der Waals surface area (Å²) in [4.78, 5) is 15.3. The molecule has 3 fully saturated rings. The molecule has 1 unspecified atom stereocenters. The maximum atomic E-state index is 13.6. The molecule has 2 bridgehead atoms. The molecule has 2 aromatic rings. The summed E-state index contributed by atoms with van der Waals surface area (Å²) in [7, 11) is 1.82. The van der Waals surface area contributed by atoms with Gasteiger partial charge in [0.25, 0.3) is 0 Å². The highest BCUT2D eigenvalue weighted by atomic mass is 16.6. The minimum absolute atomic E-state index is 0.0782. The molecular weight excluding hydrogens is 504 g/mol. The van der Waals surface area contributed by atoms with Crippen LogP contribution in [-0.4, -0.2) is 74.8 Å². The van der Waals surface area contributed by atoms with Crippen molar-refractivity contribution < 1.29 is 29.6 Å². The molecule has 2 aliphatic heterocycles. The summed E-state index contributed by atoms with van der Waals surface area (Å²) in [6.07, 6.45) is 7.44. The standard InChI is InChI=1S/C33H40N2O5/c1-19-5-8-23(21(3)20(19)2)10-12-28(37)34(4)25-13-14-33(38)27-17-24-9-11-26(36)30-29(24)32(33,31(25)40-30)15-16-35(27,39)18-22-6-7-22/h5,8-12,22,25,27,31,38-39H,6-7,13-18H2,1-4H3/p+1/b12-10+/t25-,27+,31+,32+,33-,35?/m1/s1. The molecule has 7 heteroatoms. The lowest BCUT2D eigenvalue weighted by molar-refractivity contribution is -1.13. The highest BCUT2D eigenvalue weighted by Crippen LogP contribution is 2.66. The number of ether oxygens (including phenoxy) is 1. The zero-order chi connectivity index (χ0) is 28.2. The van der Waals surface area contributed by atoms with E-state index in [9.17, 15) is 20.2 Å². The first-order chi connectivity index (χ1) is 19.0. The van der Waals surface area contributed by atoms with Gasteiger partial charge in [-0.2, -0.15) is 4.65 Å². The van der Waals surface area contributed by atoms with E-state index in [0.717, 1.165) is 35.1 Å². The monoisotopic (exact) mass is 545 g/mol. The Balaban J connectivity index is 1.25. The van der Waals surface area contributed by atoms with E-state index in [1.54, 1.807) is 17.0 Å². The summed E-state index contributed by atoms with van der Waals surface area (Å²) in [5.74, 6) is 0.934.